The van der Waals surface area contributed by atoms with Gasteiger partial charge in [-0.05, 0) is 18.4 Å². The zero-order chi connectivity index (χ0) is 17.4. The Morgan fingerprint density at radius 2 is 2.04 bits per heavy atom. The molecule has 0 heterocycles. The highest BCUT2D eigenvalue weighted by Crippen LogP contribution is 2.27. The Labute approximate surface area is 134 Å². The molecule has 1 N–H and O–H groups in total. The predicted molar refractivity (Wildman–Crippen MR) is 81.7 cm³/mol. The molecule has 1 unspecified atom stereocenters. The van der Waals surface area contributed by atoms with E-state index in [1.807, 2.05) is 19.8 Å². The summed E-state index contributed by atoms with van der Waals surface area (Å²) >= 11 is 0. The molecule has 0 aromatic heterocycles. The molecule has 1 aromatic rings. The van der Waals surface area contributed by atoms with Crippen molar-refractivity contribution < 1.29 is 22.7 Å². The molecule has 6 heteroatoms. The Morgan fingerprint density at radius 1 is 1.35 bits per heavy atom. The molecule has 0 radical (unpaired) electrons. The first kappa shape index (κ1) is 18.9. The summed E-state index contributed by atoms with van der Waals surface area (Å²) in [5, 5.41) is 2.51. The van der Waals surface area contributed by atoms with E-state index in [2.05, 4.69) is 10.1 Å². The largest absolute Gasteiger partial charge is 0.475 e. The third kappa shape index (κ3) is 4.92. The molecule has 23 heavy (non-hydrogen) atoms. The molecule has 126 valence electrons. The molecular weight excluding hydrogens is 307 g/mol. The van der Waals surface area contributed by atoms with E-state index in [0.29, 0.717) is 12.6 Å². The van der Waals surface area contributed by atoms with Gasteiger partial charge in [-0.25, -0.2) is 8.78 Å². The van der Waals surface area contributed by atoms with Crippen molar-refractivity contribution in [3.8, 4) is 18.1 Å². The molecule has 1 amide bonds. The molecule has 0 spiro atoms. The first-order chi connectivity index (χ1) is 11.0. The maximum atomic E-state index is 13.9. The van der Waals surface area contributed by atoms with Crippen molar-refractivity contribution in [2.75, 3.05) is 13.2 Å². The lowest BCUT2D eigenvalue weighted by Gasteiger charge is -2.15. The number of nitrogens with one attached hydrogen (secondary N) is 1. The third-order valence-corrected chi connectivity index (χ3v) is 3.49. The number of halogens is 3. The lowest BCUT2D eigenvalue weighted by Crippen LogP contribution is -2.30. The van der Waals surface area contributed by atoms with E-state index in [0.717, 1.165) is 19.3 Å². The number of carbonyl (C=O) groups excluding carboxylic acids is 1. The molecule has 0 bridgehead atoms. The number of carbonyl (C=O) groups is 1. The molecule has 0 saturated heterocycles. The van der Waals surface area contributed by atoms with Crippen molar-refractivity contribution >= 4 is 5.91 Å². The molecule has 0 fully saturated rings. The van der Waals surface area contributed by atoms with Gasteiger partial charge in [-0.2, -0.15) is 4.39 Å². The van der Waals surface area contributed by atoms with Crippen LogP contribution < -0.4 is 10.1 Å². The van der Waals surface area contributed by atoms with E-state index in [9.17, 15) is 18.0 Å². The Balaban J connectivity index is 2.92. The minimum atomic E-state index is -1.56. The van der Waals surface area contributed by atoms with Gasteiger partial charge in [0.05, 0.1) is 5.56 Å². The average molecular weight is 327 g/mol. The summed E-state index contributed by atoms with van der Waals surface area (Å²) in [5.74, 6) is -3.73. The van der Waals surface area contributed by atoms with Gasteiger partial charge in [-0.3, -0.25) is 4.79 Å². The maximum absolute atomic E-state index is 13.9. The lowest BCUT2D eigenvalue weighted by molar-refractivity contribution is 0.0940. The van der Waals surface area contributed by atoms with Gasteiger partial charge in [-0.1, -0.05) is 32.6 Å². The van der Waals surface area contributed by atoms with E-state index >= 15 is 0 Å². The summed E-state index contributed by atoms with van der Waals surface area (Å²) in [6.07, 6.45) is 7.62. The number of amides is 1. The van der Waals surface area contributed by atoms with Crippen molar-refractivity contribution in [3.05, 3.63) is 29.1 Å². The van der Waals surface area contributed by atoms with Crippen LogP contribution in [0.1, 0.15) is 43.5 Å². The molecule has 0 aliphatic heterocycles. The molecule has 0 saturated carbocycles. The van der Waals surface area contributed by atoms with E-state index in [1.54, 1.807) is 0 Å². The molecular formula is C17H20F3NO2. The van der Waals surface area contributed by atoms with Crippen molar-refractivity contribution in [2.45, 2.75) is 33.1 Å². The second-order valence-electron chi connectivity index (χ2n) is 5.13. The average Bonchev–Trinajstić information content (AvgIpc) is 2.54. The van der Waals surface area contributed by atoms with Crippen LogP contribution in [-0.4, -0.2) is 19.1 Å². The molecule has 0 aliphatic carbocycles. The number of ether oxygens (including phenoxy) is 1. The third-order valence-electron chi connectivity index (χ3n) is 3.49. The van der Waals surface area contributed by atoms with E-state index in [-0.39, 0.29) is 5.92 Å². The number of benzene rings is 1. The van der Waals surface area contributed by atoms with Crippen molar-refractivity contribution in [1.82, 2.24) is 5.32 Å². The van der Waals surface area contributed by atoms with Gasteiger partial charge in [0.15, 0.2) is 17.4 Å². The second-order valence-corrected chi connectivity index (χ2v) is 5.13. The number of terminal acetylenes is 1. The topological polar surface area (TPSA) is 38.3 Å². The van der Waals surface area contributed by atoms with Crippen molar-refractivity contribution in [1.29, 1.82) is 0 Å². The summed E-state index contributed by atoms with van der Waals surface area (Å²) in [5.41, 5.74) is -0.695. The highest BCUT2D eigenvalue weighted by Gasteiger charge is 2.24. The zero-order valence-corrected chi connectivity index (χ0v) is 13.2. The normalized spacial score (nSPS) is 11.7. The predicted octanol–water partition coefficient (Wildman–Crippen LogP) is 3.67. The molecule has 1 rings (SSSR count). The Bertz CT molecular complexity index is 596. The number of hydrogen-bond acceptors (Lipinski definition) is 2. The highest BCUT2D eigenvalue weighted by atomic mass is 19.2. The fourth-order valence-corrected chi connectivity index (χ4v) is 2.18. The van der Waals surface area contributed by atoms with Crippen LogP contribution in [-0.2, 0) is 0 Å². The van der Waals surface area contributed by atoms with Crippen LogP contribution in [0.25, 0.3) is 0 Å². The smallest absolute Gasteiger partial charge is 0.254 e. The van der Waals surface area contributed by atoms with Crippen LogP contribution in [0.5, 0.6) is 5.75 Å². The van der Waals surface area contributed by atoms with Crippen LogP contribution in [0.3, 0.4) is 0 Å². The maximum Gasteiger partial charge on any atom is 0.254 e. The van der Waals surface area contributed by atoms with Gasteiger partial charge in [0.2, 0.25) is 5.82 Å². The summed E-state index contributed by atoms with van der Waals surface area (Å²) in [4.78, 5) is 12.0. The fourth-order valence-electron chi connectivity index (χ4n) is 2.18. The summed E-state index contributed by atoms with van der Waals surface area (Å²) in [7, 11) is 0. The Morgan fingerprint density at radius 3 is 2.61 bits per heavy atom. The zero-order valence-electron chi connectivity index (χ0n) is 13.2. The van der Waals surface area contributed by atoms with Crippen LogP contribution in [0, 0.1) is 35.7 Å². The van der Waals surface area contributed by atoms with Gasteiger partial charge >= 0.3 is 0 Å². The molecule has 0 aliphatic rings. The summed E-state index contributed by atoms with van der Waals surface area (Å²) in [6.45, 7) is 3.91. The fraction of sp³-hybridized carbons (Fsp3) is 0.471. The number of hydrogen-bond donors (Lipinski definition) is 1. The Hall–Kier alpha value is -2.16. The van der Waals surface area contributed by atoms with E-state index in [1.165, 1.54) is 0 Å². The monoisotopic (exact) mass is 327 g/mol. The lowest BCUT2D eigenvalue weighted by atomic mass is 10.0. The van der Waals surface area contributed by atoms with Gasteiger partial charge in [0, 0.05) is 6.54 Å². The SMILES string of the molecule is C#CCOc1c(F)cc(C(=O)NCC(CC)CCC)c(F)c1F. The minimum absolute atomic E-state index is 0.236. The van der Waals surface area contributed by atoms with Crippen LogP contribution in [0.15, 0.2) is 6.07 Å². The minimum Gasteiger partial charge on any atom is -0.475 e. The second kappa shape index (κ2) is 9.09. The molecule has 1 aromatic carbocycles. The van der Waals surface area contributed by atoms with Crippen LogP contribution >= 0.6 is 0 Å². The van der Waals surface area contributed by atoms with Gasteiger partial charge < -0.3 is 10.1 Å². The quantitative estimate of drug-likeness (QED) is 0.584. The van der Waals surface area contributed by atoms with Crippen LogP contribution in [0.4, 0.5) is 13.2 Å². The van der Waals surface area contributed by atoms with Crippen molar-refractivity contribution in [3.63, 3.8) is 0 Å². The van der Waals surface area contributed by atoms with Gasteiger partial charge in [-0.15, -0.1) is 6.42 Å². The number of rotatable bonds is 8. The molecule has 1 atom stereocenters. The summed E-state index contributed by atoms with van der Waals surface area (Å²) in [6, 6.07) is 0.611. The Kier molecular flexibility index (Phi) is 7.46. The van der Waals surface area contributed by atoms with Gasteiger partial charge in [0.1, 0.15) is 6.61 Å². The standard InChI is InChI=1S/C17H20F3NO2/c1-4-7-11(6-3)10-21-17(22)12-9-13(18)16(23-8-5-2)15(20)14(12)19/h2,9,11H,4,6-8,10H2,1,3H3,(H,21,22). The summed E-state index contributed by atoms with van der Waals surface area (Å²) < 4.78 is 46.1. The van der Waals surface area contributed by atoms with E-state index in [4.69, 9.17) is 6.42 Å². The van der Waals surface area contributed by atoms with Gasteiger partial charge in [0.25, 0.3) is 5.91 Å². The highest BCUT2D eigenvalue weighted by molar-refractivity contribution is 5.94. The molecule has 3 nitrogen and oxygen atoms in total. The van der Waals surface area contributed by atoms with Crippen molar-refractivity contribution in [2.24, 2.45) is 5.92 Å². The van der Waals surface area contributed by atoms with E-state index < -0.39 is 41.3 Å². The first-order valence-corrected chi connectivity index (χ1v) is 7.48. The van der Waals surface area contributed by atoms with Crippen LogP contribution in [0.2, 0.25) is 0 Å². The first-order valence-electron chi connectivity index (χ1n) is 7.48.